The normalized spacial score (nSPS) is 20.6. The molecule has 1 aliphatic heterocycles. The molecule has 0 spiro atoms. The Balaban J connectivity index is 2.17. The molecule has 0 unspecified atom stereocenters. The number of fused-ring (bicyclic) bond motifs is 1. The quantitative estimate of drug-likeness (QED) is 0.665. The van der Waals surface area contributed by atoms with E-state index in [1.165, 1.54) is 11.8 Å². The monoisotopic (exact) mass is 437 g/mol. The summed E-state index contributed by atoms with van der Waals surface area (Å²) in [6, 6.07) is 7.30. The van der Waals surface area contributed by atoms with Crippen LogP contribution in [0, 0.1) is 5.41 Å². The molecule has 1 aromatic carbocycles. The number of carbonyl (C=O) groups is 2. The van der Waals surface area contributed by atoms with Crippen molar-refractivity contribution < 1.29 is 23.8 Å². The van der Waals surface area contributed by atoms with Crippen LogP contribution in [0.1, 0.15) is 36.6 Å². The van der Waals surface area contributed by atoms with Crippen molar-refractivity contribution in [2.75, 3.05) is 26.1 Å². The molecule has 2 aromatic rings. The summed E-state index contributed by atoms with van der Waals surface area (Å²) in [6.45, 7) is 3.87. The molecule has 0 radical (unpaired) electrons. The number of thiazole rings is 1. The van der Waals surface area contributed by atoms with Gasteiger partial charge in [-0.3, -0.25) is 14.4 Å². The van der Waals surface area contributed by atoms with Crippen molar-refractivity contribution in [2.45, 2.75) is 31.2 Å². The lowest BCUT2D eigenvalue weighted by molar-refractivity contribution is -0.162. The van der Waals surface area contributed by atoms with Crippen LogP contribution in [0.5, 0.6) is 5.75 Å². The van der Waals surface area contributed by atoms with Crippen LogP contribution in [0.3, 0.4) is 0 Å². The zero-order valence-corrected chi connectivity index (χ0v) is 18.1. The molecule has 3 rings (SSSR count). The van der Waals surface area contributed by atoms with E-state index in [4.69, 9.17) is 14.2 Å². The van der Waals surface area contributed by atoms with Gasteiger partial charge in [0.25, 0.3) is 0 Å². The van der Waals surface area contributed by atoms with E-state index < -0.39 is 23.3 Å². The third-order valence-corrected chi connectivity index (χ3v) is 7.17. The molecule has 1 aliphatic rings. The highest BCUT2D eigenvalue weighted by Gasteiger charge is 2.54. The third-order valence-electron chi connectivity index (χ3n) is 4.83. The van der Waals surface area contributed by atoms with Crippen LogP contribution in [-0.4, -0.2) is 43.0 Å². The first-order valence-corrected chi connectivity index (χ1v) is 11.1. The number of methoxy groups -OCH3 is 1. The van der Waals surface area contributed by atoms with Crippen LogP contribution >= 0.6 is 23.1 Å². The molecule has 0 saturated heterocycles. The number of ether oxygens (including phenoxy) is 3. The van der Waals surface area contributed by atoms with Crippen molar-refractivity contribution in [3.8, 4) is 5.75 Å². The van der Waals surface area contributed by atoms with E-state index in [0.717, 1.165) is 26.8 Å². The molecule has 0 fully saturated rings. The van der Waals surface area contributed by atoms with Gasteiger partial charge in [-0.05, 0) is 31.5 Å². The minimum Gasteiger partial charge on any atom is -0.497 e. The summed E-state index contributed by atoms with van der Waals surface area (Å²) in [5.74, 6) is -0.481. The van der Waals surface area contributed by atoms with Gasteiger partial charge in [0.15, 0.2) is 0 Å². The summed E-state index contributed by atoms with van der Waals surface area (Å²) in [5, 5.41) is 0.726. The zero-order chi connectivity index (χ0) is 21.0. The Kier molecular flexibility index (Phi) is 6.69. The molecule has 9 heteroatoms. The highest BCUT2D eigenvalue weighted by Crippen LogP contribution is 2.54. The number of H-pyrrole nitrogens is 1. The Bertz CT molecular complexity index is 935. The fourth-order valence-electron chi connectivity index (χ4n) is 3.57. The molecule has 1 N–H and O–H groups in total. The van der Waals surface area contributed by atoms with Gasteiger partial charge in [-0.25, -0.2) is 0 Å². The van der Waals surface area contributed by atoms with Crippen molar-refractivity contribution >= 4 is 35.0 Å². The number of nitrogens with one attached hydrogen (secondary N) is 1. The second kappa shape index (κ2) is 9.04. The van der Waals surface area contributed by atoms with Crippen molar-refractivity contribution in [1.29, 1.82) is 0 Å². The lowest BCUT2D eigenvalue weighted by Crippen LogP contribution is -2.45. The largest absolute Gasteiger partial charge is 0.497 e. The van der Waals surface area contributed by atoms with Gasteiger partial charge in [-0.15, -0.1) is 11.8 Å². The van der Waals surface area contributed by atoms with Gasteiger partial charge in [0.05, 0.1) is 37.2 Å². The Morgan fingerprint density at radius 3 is 2.48 bits per heavy atom. The predicted molar refractivity (Wildman–Crippen MR) is 111 cm³/mol. The Hall–Kier alpha value is -2.26. The number of aromatic nitrogens is 1. The fraction of sp³-hybridized carbons (Fsp3) is 0.450. The Morgan fingerprint density at radius 2 is 1.86 bits per heavy atom. The molecule has 0 amide bonds. The van der Waals surface area contributed by atoms with Gasteiger partial charge in [-0.2, -0.15) is 0 Å². The number of hydrogen-bond donors (Lipinski definition) is 1. The first-order valence-electron chi connectivity index (χ1n) is 9.27. The Labute approximate surface area is 176 Å². The van der Waals surface area contributed by atoms with Crippen molar-refractivity contribution in [2.24, 2.45) is 5.41 Å². The molecule has 2 heterocycles. The van der Waals surface area contributed by atoms with E-state index in [-0.39, 0.29) is 24.5 Å². The van der Waals surface area contributed by atoms with Gasteiger partial charge >= 0.3 is 16.8 Å². The molecular formula is C20H23NO6S2. The molecule has 0 bridgehead atoms. The molecule has 0 aliphatic carbocycles. The average molecular weight is 438 g/mol. The van der Waals surface area contributed by atoms with E-state index in [0.29, 0.717) is 11.5 Å². The molecule has 29 heavy (non-hydrogen) atoms. The van der Waals surface area contributed by atoms with Gasteiger partial charge in [-0.1, -0.05) is 23.5 Å². The van der Waals surface area contributed by atoms with Crippen molar-refractivity contribution in [3.63, 3.8) is 0 Å². The predicted octanol–water partition coefficient (Wildman–Crippen LogP) is 3.19. The van der Waals surface area contributed by atoms with Crippen LogP contribution < -0.4 is 9.61 Å². The van der Waals surface area contributed by atoms with Gasteiger partial charge in [0, 0.05) is 16.5 Å². The highest BCUT2D eigenvalue weighted by atomic mass is 32.2. The summed E-state index contributed by atoms with van der Waals surface area (Å²) >= 11 is 2.42. The first-order chi connectivity index (χ1) is 13.9. The summed E-state index contributed by atoms with van der Waals surface area (Å²) in [4.78, 5) is 41.2. The van der Waals surface area contributed by atoms with Gasteiger partial charge < -0.3 is 19.2 Å². The third kappa shape index (κ3) is 4.20. The summed E-state index contributed by atoms with van der Waals surface area (Å²) in [7, 11) is 1.58. The molecule has 7 nitrogen and oxygen atoms in total. The lowest BCUT2D eigenvalue weighted by atomic mass is 9.70. The molecular weight excluding hydrogens is 414 g/mol. The number of carbonyl (C=O) groups excluding carboxylic acids is 2. The van der Waals surface area contributed by atoms with E-state index in [9.17, 15) is 14.4 Å². The van der Waals surface area contributed by atoms with E-state index in [1.807, 2.05) is 12.1 Å². The number of rotatable bonds is 7. The van der Waals surface area contributed by atoms with Crippen LogP contribution in [0.2, 0.25) is 0 Å². The molecule has 0 saturated carbocycles. The Morgan fingerprint density at radius 1 is 1.17 bits per heavy atom. The van der Waals surface area contributed by atoms with Crippen LogP contribution in [0.15, 0.2) is 34.1 Å². The van der Waals surface area contributed by atoms with Crippen LogP contribution in [-0.2, 0) is 19.1 Å². The first kappa shape index (κ1) is 21.4. The molecule has 156 valence electrons. The maximum Gasteiger partial charge on any atom is 0.314 e. The van der Waals surface area contributed by atoms with Crippen molar-refractivity contribution in [1.82, 2.24) is 4.98 Å². The average Bonchev–Trinajstić information content (AvgIpc) is 3.08. The smallest absolute Gasteiger partial charge is 0.314 e. The minimum atomic E-state index is -1.18. The van der Waals surface area contributed by atoms with Gasteiger partial charge in [0.1, 0.15) is 5.75 Å². The minimum absolute atomic E-state index is 0.130. The van der Waals surface area contributed by atoms with Crippen LogP contribution in [0.25, 0.3) is 0 Å². The number of thioether (sulfide) groups is 1. The summed E-state index contributed by atoms with van der Waals surface area (Å²) in [5.41, 5.74) is -0.375. The maximum absolute atomic E-state index is 13.2. The molecule has 2 atom stereocenters. The maximum atomic E-state index is 13.2. The second-order valence-electron chi connectivity index (χ2n) is 6.56. The van der Waals surface area contributed by atoms with E-state index in [2.05, 4.69) is 4.98 Å². The number of benzene rings is 1. The zero-order valence-electron chi connectivity index (χ0n) is 16.5. The topological polar surface area (TPSA) is 94.7 Å². The fourth-order valence-corrected chi connectivity index (χ4v) is 6.13. The molecule has 1 aromatic heterocycles. The SMILES string of the molecule is CCOC(=O)C[C@]1(C(=O)OCC)CSc2[nH]c(=O)sc2[C@H]1c1ccc(OC)cc1. The van der Waals surface area contributed by atoms with E-state index >= 15 is 0 Å². The number of hydrogen-bond acceptors (Lipinski definition) is 8. The second-order valence-corrected chi connectivity index (χ2v) is 8.56. The van der Waals surface area contributed by atoms with Gasteiger partial charge in [0.2, 0.25) is 0 Å². The standard InChI is InChI=1S/C20H23NO6S2/c1-4-26-14(22)10-20(18(23)27-5-2)11-28-17-16(29-19(24)21-17)15(20)12-6-8-13(25-3)9-7-12/h6-9,15H,4-5,10-11H2,1-3H3,(H,21,24)/t15-,20+/m1/s1. The lowest BCUT2D eigenvalue weighted by Gasteiger charge is -2.40. The number of esters is 2. The van der Waals surface area contributed by atoms with Crippen molar-refractivity contribution in [3.05, 3.63) is 44.4 Å². The summed E-state index contributed by atoms with van der Waals surface area (Å²) in [6.07, 6.45) is -0.130. The van der Waals surface area contributed by atoms with E-state index in [1.54, 1.807) is 33.1 Å². The highest BCUT2D eigenvalue weighted by molar-refractivity contribution is 7.99. The van der Waals surface area contributed by atoms with Crippen LogP contribution in [0.4, 0.5) is 0 Å². The number of aromatic amines is 1. The summed E-state index contributed by atoms with van der Waals surface area (Å²) < 4.78 is 15.8.